The number of hydrogen-bond acceptors (Lipinski definition) is 0. The lowest BCUT2D eigenvalue weighted by Gasteiger charge is -2.47. The Balaban J connectivity index is 1.87. The van der Waals surface area contributed by atoms with Gasteiger partial charge in [-0.05, 0) is 77.4 Å². The Hall–Kier alpha value is -2.26. The normalized spacial score (nSPS) is 19.6. The first-order valence-electron chi connectivity index (χ1n) is 11.3. The van der Waals surface area contributed by atoms with E-state index >= 15 is 0 Å². The van der Waals surface area contributed by atoms with Crippen LogP contribution >= 0.6 is 17.4 Å². The van der Waals surface area contributed by atoms with Crippen LogP contribution in [-0.2, 0) is 5.41 Å². The first-order chi connectivity index (χ1) is 15.4. The van der Waals surface area contributed by atoms with Crippen molar-refractivity contribution in [1.29, 1.82) is 0 Å². The second-order valence-electron chi connectivity index (χ2n) is 9.25. The topological polar surface area (TPSA) is 0 Å². The Kier molecular flexibility index (Phi) is 5.36. The van der Waals surface area contributed by atoms with Crippen molar-refractivity contribution in [2.75, 3.05) is 6.16 Å². The number of benzene rings is 4. The van der Waals surface area contributed by atoms with Crippen LogP contribution in [-0.4, -0.2) is 16.6 Å². The van der Waals surface area contributed by atoms with Crippen LogP contribution in [0, 0.1) is 0 Å². The van der Waals surface area contributed by atoms with Crippen molar-refractivity contribution in [2.45, 2.75) is 38.3 Å². The quantitative estimate of drug-likeness (QED) is 0.273. The Morgan fingerprint density at radius 2 is 1.19 bits per heavy atom. The lowest BCUT2D eigenvalue weighted by Crippen LogP contribution is -2.48. The van der Waals surface area contributed by atoms with Gasteiger partial charge >= 0.3 is 0 Å². The summed E-state index contributed by atoms with van der Waals surface area (Å²) in [5.41, 5.74) is 5.63. The van der Waals surface area contributed by atoms with Gasteiger partial charge in [0, 0.05) is 10.6 Å². The van der Waals surface area contributed by atoms with Gasteiger partial charge in [-0.1, -0.05) is 98.7 Å². The summed E-state index contributed by atoms with van der Waals surface area (Å²) < 4.78 is 0. The minimum atomic E-state index is -0.156. The van der Waals surface area contributed by atoms with E-state index in [1.165, 1.54) is 57.3 Å². The molecular formula is C30H30P2. The summed E-state index contributed by atoms with van der Waals surface area (Å²) in [7, 11) is 4.53. The maximum atomic E-state index is 3.12. The third kappa shape index (κ3) is 3.04. The zero-order chi connectivity index (χ0) is 22.5. The molecule has 0 radical (unpaired) electrons. The maximum Gasteiger partial charge on any atom is 0.0448 e. The fourth-order valence-electron chi connectivity index (χ4n) is 5.63. The molecule has 0 aromatic heterocycles. The molecule has 0 bridgehead atoms. The molecule has 1 heterocycles. The van der Waals surface area contributed by atoms with Gasteiger partial charge in [-0.25, -0.2) is 0 Å². The number of hydrogen-bond donors (Lipinski definition) is 0. The molecule has 32 heavy (non-hydrogen) atoms. The molecule has 160 valence electrons. The van der Waals surface area contributed by atoms with E-state index in [0.717, 1.165) is 6.16 Å². The lowest BCUT2D eigenvalue weighted by molar-refractivity contribution is 0.474. The van der Waals surface area contributed by atoms with Crippen LogP contribution in [0.3, 0.4) is 0 Å². The fourth-order valence-corrected chi connectivity index (χ4v) is 8.56. The van der Waals surface area contributed by atoms with Crippen molar-refractivity contribution in [3.8, 4) is 0 Å². The summed E-state index contributed by atoms with van der Waals surface area (Å²) in [6.07, 6.45) is 0.963. The van der Waals surface area contributed by atoms with E-state index in [4.69, 9.17) is 0 Å². The highest BCUT2D eigenvalue weighted by atomic mass is 31.1. The van der Waals surface area contributed by atoms with Crippen LogP contribution in [0.5, 0.6) is 0 Å². The van der Waals surface area contributed by atoms with Gasteiger partial charge in [-0.3, -0.25) is 0 Å². The van der Waals surface area contributed by atoms with Crippen LogP contribution < -0.4 is 0 Å². The van der Waals surface area contributed by atoms with Crippen LogP contribution in [0.2, 0.25) is 0 Å². The molecule has 4 aromatic rings. The van der Waals surface area contributed by atoms with Crippen LogP contribution in [0.15, 0.2) is 96.1 Å². The summed E-state index contributed by atoms with van der Waals surface area (Å²) in [4.78, 5) is 0. The molecule has 1 aliphatic rings. The standard InChI is InChI=1S/C30H30P2/c1-20-21(2)29(4,32-22(20)3)30(19-31,27-15-13-23-9-5-7-11-25(23)17-27)28-16-14-24-10-6-8-12-26(24)18-28/h5-18H,19,31H2,1-4H3. The average molecular weight is 453 g/mol. The molecule has 0 aliphatic carbocycles. The minimum Gasteiger partial charge on any atom is -0.136 e. The molecule has 0 amide bonds. The van der Waals surface area contributed by atoms with Gasteiger partial charge in [-0.15, -0.1) is 9.24 Å². The van der Waals surface area contributed by atoms with Gasteiger partial charge in [0.1, 0.15) is 0 Å². The number of rotatable bonds is 4. The van der Waals surface area contributed by atoms with E-state index in [1.54, 1.807) is 0 Å². The first-order valence-corrected chi connectivity index (χ1v) is 13.1. The number of allylic oxidation sites excluding steroid dienone is 2. The SMILES string of the molecule is CC1=PC(C)(C(CP)(c2ccc3ccccc3c2)c2ccc3ccccc3c2)C(C)=C1C. The van der Waals surface area contributed by atoms with Gasteiger partial charge in [0.05, 0.1) is 0 Å². The molecule has 0 saturated carbocycles. The summed E-state index contributed by atoms with van der Waals surface area (Å²) in [6, 6.07) is 31.7. The highest BCUT2D eigenvalue weighted by Gasteiger charge is 2.52. The second-order valence-corrected chi connectivity index (χ2v) is 11.4. The summed E-state index contributed by atoms with van der Waals surface area (Å²) >= 11 is 0. The van der Waals surface area contributed by atoms with Crippen molar-refractivity contribution >= 4 is 44.3 Å². The maximum absolute atomic E-state index is 3.12. The lowest BCUT2D eigenvalue weighted by atomic mass is 9.63. The molecule has 5 rings (SSSR count). The molecule has 4 aromatic carbocycles. The van der Waals surface area contributed by atoms with Crippen molar-refractivity contribution < 1.29 is 0 Å². The second kappa shape index (κ2) is 7.95. The largest absolute Gasteiger partial charge is 0.136 e. The van der Waals surface area contributed by atoms with E-state index in [2.05, 4.69) is 122 Å². The van der Waals surface area contributed by atoms with E-state index < -0.39 is 0 Å². The zero-order valence-corrected chi connectivity index (χ0v) is 21.4. The van der Waals surface area contributed by atoms with Gasteiger partial charge in [0.15, 0.2) is 0 Å². The summed E-state index contributed by atoms with van der Waals surface area (Å²) in [5.74, 6) is 0. The van der Waals surface area contributed by atoms with Gasteiger partial charge in [0.25, 0.3) is 0 Å². The highest BCUT2D eigenvalue weighted by molar-refractivity contribution is 7.44. The Morgan fingerprint density at radius 3 is 1.59 bits per heavy atom. The molecule has 0 nitrogen and oxygen atoms in total. The average Bonchev–Trinajstić information content (AvgIpc) is 3.02. The van der Waals surface area contributed by atoms with Crippen molar-refractivity contribution in [2.24, 2.45) is 0 Å². The molecule has 1 aliphatic heterocycles. The third-order valence-corrected chi connectivity index (χ3v) is 10.3. The van der Waals surface area contributed by atoms with Crippen molar-refractivity contribution in [3.63, 3.8) is 0 Å². The molecule has 2 heteroatoms. The predicted octanol–water partition coefficient (Wildman–Crippen LogP) is 8.40. The van der Waals surface area contributed by atoms with Gasteiger partial charge in [-0.2, -0.15) is 0 Å². The Bertz CT molecular complexity index is 1330. The van der Waals surface area contributed by atoms with E-state index in [1.807, 2.05) is 0 Å². The molecule has 0 N–H and O–H groups in total. The molecule has 0 spiro atoms. The number of fused-ring (bicyclic) bond motifs is 2. The smallest absolute Gasteiger partial charge is 0.0448 e. The summed E-state index contributed by atoms with van der Waals surface area (Å²) in [6.45, 7) is 9.45. The predicted molar refractivity (Wildman–Crippen MR) is 148 cm³/mol. The third-order valence-electron chi connectivity index (χ3n) is 7.85. The minimum absolute atomic E-state index is 0.0200. The molecule has 2 unspecified atom stereocenters. The van der Waals surface area contributed by atoms with Crippen LogP contribution in [0.1, 0.15) is 38.8 Å². The van der Waals surface area contributed by atoms with Crippen LogP contribution in [0.25, 0.3) is 21.5 Å². The molecule has 0 fully saturated rings. The van der Waals surface area contributed by atoms with E-state index in [9.17, 15) is 0 Å². The van der Waals surface area contributed by atoms with E-state index in [0.29, 0.717) is 0 Å². The monoisotopic (exact) mass is 452 g/mol. The van der Waals surface area contributed by atoms with Gasteiger partial charge < -0.3 is 0 Å². The molecule has 0 saturated heterocycles. The Labute approximate surface area is 195 Å². The van der Waals surface area contributed by atoms with Crippen LogP contribution in [0.4, 0.5) is 0 Å². The van der Waals surface area contributed by atoms with E-state index in [-0.39, 0.29) is 10.6 Å². The highest BCUT2D eigenvalue weighted by Crippen LogP contribution is 2.58. The van der Waals surface area contributed by atoms with Gasteiger partial charge in [0.2, 0.25) is 0 Å². The first kappa shape index (κ1) is 21.6. The zero-order valence-electron chi connectivity index (χ0n) is 19.3. The fraction of sp³-hybridized carbons (Fsp3) is 0.233. The van der Waals surface area contributed by atoms with Crippen molar-refractivity contribution in [1.82, 2.24) is 0 Å². The Morgan fingerprint density at radius 1 is 0.719 bits per heavy atom. The molecule has 2 atom stereocenters. The van der Waals surface area contributed by atoms with Crippen molar-refractivity contribution in [3.05, 3.63) is 107 Å². The summed E-state index contributed by atoms with van der Waals surface area (Å²) in [5, 5.41) is 6.69. The molecular weight excluding hydrogens is 422 g/mol.